The van der Waals surface area contributed by atoms with Crippen LogP contribution in [0.3, 0.4) is 0 Å². The molecule has 0 saturated heterocycles. The fraction of sp³-hybridized carbons (Fsp3) is 0.0213. The summed E-state index contributed by atoms with van der Waals surface area (Å²) in [6.07, 6.45) is 0. The van der Waals surface area contributed by atoms with Crippen molar-refractivity contribution >= 4 is 39.6 Å². The Bertz CT molecular complexity index is 2520. The molecule has 1 heterocycles. The quantitative estimate of drug-likeness (QED) is 0.188. The smallest absolute Gasteiger partial charge is 0.0741 e. The zero-order chi connectivity index (χ0) is 32.4. The molecule has 1 atom stereocenters. The van der Waals surface area contributed by atoms with Crippen LogP contribution in [0, 0.1) is 0 Å². The molecule has 49 heavy (non-hydrogen) atoms. The number of anilines is 3. The second-order valence-corrected chi connectivity index (χ2v) is 14.0. The lowest BCUT2D eigenvalue weighted by atomic mass is 9.66. The van der Waals surface area contributed by atoms with Gasteiger partial charge in [0.25, 0.3) is 0 Å². The zero-order valence-electron chi connectivity index (χ0n) is 26.8. The molecule has 230 valence electrons. The van der Waals surface area contributed by atoms with Crippen LogP contribution < -0.4 is 4.90 Å². The van der Waals surface area contributed by atoms with Gasteiger partial charge in [-0.05, 0) is 104 Å². The van der Waals surface area contributed by atoms with Crippen LogP contribution in [0.15, 0.2) is 198 Å². The second kappa shape index (κ2) is 11.1. The molecule has 0 aromatic heterocycles. The van der Waals surface area contributed by atoms with Crippen LogP contribution in [-0.4, -0.2) is 0 Å². The highest BCUT2D eigenvalue weighted by Crippen LogP contribution is 2.63. The third-order valence-corrected chi connectivity index (χ3v) is 11.4. The monoisotopic (exact) mass is 641 g/mol. The van der Waals surface area contributed by atoms with Crippen LogP contribution in [0.25, 0.3) is 33.0 Å². The molecule has 2 aliphatic rings. The molecule has 0 radical (unpaired) electrons. The summed E-state index contributed by atoms with van der Waals surface area (Å²) in [4.78, 5) is 5.03. The maximum absolute atomic E-state index is 2.43. The lowest BCUT2D eigenvalue weighted by Gasteiger charge is -2.40. The highest BCUT2D eigenvalue weighted by molar-refractivity contribution is 7.99. The zero-order valence-corrected chi connectivity index (χ0v) is 27.6. The van der Waals surface area contributed by atoms with Gasteiger partial charge in [-0.15, -0.1) is 0 Å². The minimum atomic E-state index is -0.433. The summed E-state index contributed by atoms with van der Waals surface area (Å²) < 4.78 is 0. The first-order valence-electron chi connectivity index (χ1n) is 16.9. The molecule has 0 saturated carbocycles. The van der Waals surface area contributed by atoms with E-state index in [-0.39, 0.29) is 0 Å². The Morgan fingerprint density at radius 3 is 1.84 bits per heavy atom. The standard InChI is InChI=1S/C47H31NS/c1-3-13-32(14-4-1)33-23-26-36(27-24-33)48(35-16-5-2-6-17-35)37-28-29-42-40(31-37)39-19-9-10-20-41(39)47(42)43-21-11-12-22-44(43)49-45-30-25-34-15-7-8-18-38(34)46(45)47/h1-31H. The third kappa shape index (κ3) is 4.21. The van der Waals surface area contributed by atoms with Crippen molar-refractivity contribution < 1.29 is 0 Å². The van der Waals surface area contributed by atoms with E-state index in [9.17, 15) is 0 Å². The lowest BCUT2D eigenvalue weighted by Crippen LogP contribution is -2.32. The van der Waals surface area contributed by atoms with E-state index in [0.717, 1.165) is 17.1 Å². The highest BCUT2D eigenvalue weighted by atomic mass is 32.2. The Labute approximate surface area is 291 Å². The number of hydrogen-bond acceptors (Lipinski definition) is 2. The molecule has 1 unspecified atom stereocenters. The van der Waals surface area contributed by atoms with Gasteiger partial charge in [-0.3, -0.25) is 0 Å². The van der Waals surface area contributed by atoms with E-state index in [4.69, 9.17) is 0 Å². The number of benzene rings is 8. The van der Waals surface area contributed by atoms with Gasteiger partial charge in [-0.25, -0.2) is 0 Å². The molecular weight excluding hydrogens is 611 g/mol. The minimum absolute atomic E-state index is 0.433. The van der Waals surface area contributed by atoms with Crippen LogP contribution in [0.1, 0.15) is 22.3 Å². The largest absolute Gasteiger partial charge is 0.310 e. The Morgan fingerprint density at radius 2 is 1.00 bits per heavy atom. The SMILES string of the molecule is c1ccc(-c2ccc(N(c3ccccc3)c3ccc4c(c3)-c3ccccc3C43c4ccccc4Sc4ccc5ccccc5c43)cc2)cc1. The van der Waals surface area contributed by atoms with Crippen LogP contribution in [0.2, 0.25) is 0 Å². The van der Waals surface area contributed by atoms with Gasteiger partial charge in [0.2, 0.25) is 0 Å². The molecule has 0 fully saturated rings. The Morgan fingerprint density at radius 1 is 0.388 bits per heavy atom. The van der Waals surface area contributed by atoms with E-state index < -0.39 is 5.41 Å². The van der Waals surface area contributed by atoms with Gasteiger partial charge in [0.05, 0.1) is 5.41 Å². The Hall–Kier alpha value is -5.83. The van der Waals surface area contributed by atoms with Crippen molar-refractivity contribution in [2.24, 2.45) is 0 Å². The van der Waals surface area contributed by atoms with Crippen LogP contribution in [-0.2, 0) is 5.41 Å². The van der Waals surface area contributed by atoms with Gasteiger partial charge >= 0.3 is 0 Å². The molecule has 1 aliphatic carbocycles. The molecule has 0 bridgehead atoms. The predicted octanol–water partition coefficient (Wildman–Crippen LogP) is 12.8. The van der Waals surface area contributed by atoms with E-state index in [1.165, 1.54) is 65.1 Å². The maximum atomic E-state index is 2.43. The average Bonchev–Trinajstić information content (AvgIpc) is 3.46. The van der Waals surface area contributed by atoms with Gasteiger partial charge in [0, 0.05) is 26.9 Å². The molecule has 1 aliphatic heterocycles. The minimum Gasteiger partial charge on any atom is -0.310 e. The number of para-hydroxylation sites is 1. The number of nitrogens with zero attached hydrogens (tertiary/aromatic N) is 1. The summed E-state index contributed by atoms with van der Waals surface area (Å²) in [6.45, 7) is 0. The van der Waals surface area contributed by atoms with Crippen LogP contribution >= 0.6 is 11.8 Å². The maximum Gasteiger partial charge on any atom is 0.0741 e. The van der Waals surface area contributed by atoms with Crippen molar-refractivity contribution in [3.63, 3.8) is 0 Å². The number of fused-ring (bicyclic) bond motifs is 11. The highest BCUT2D eigenvalue weighted by Gasteiger charge is 2.51. The van der Waals surface area contributed by atoms with Gasteiger partial charge in [-0.1, -0.05) is 151 Å². The van der Waals surface area contributed by atoms with Crippen molar-refractivity contribution in [2.45, 2.75) is 15.2 Å². The molecule has 0 N–H and O–H groups in total. The summed E-state index contributed by atoms with van der Waals surface area (Å²) in [6, 6.07) is 69.1. The lowest BCUT2D eigenvalue weighted by molar-refractivity contribution is 0.730. The normalized spacial score (nSPS) is 15.3. The van der Waals surface area contributed by atoms with Gasteiger partial charge < -0.3 is 4.90 Å². The first kappa shape index (κ1) is 28.2. The molecule has 0 amide bonds. The average molecular weight is 642 g/mol. The van der Waals surface area contributed by atoms with Crippen molar-refractivity contribution in [1.82, 2.24) is 0 Å². The topological polar surface area (TPSA) is 3.24 Å². The Balaban J connectivity index is 1.22. The van der Waals surface area contributed by atoms with Gasteiger partial charge in [-0.2, -0.15) is 0 Å². The van der Waals surface area contributed by atoms with Crippen molar-refractivity contribution in [2.75, 3.05) is 4.90 Å². The van der Waals surface area contributed by atoms with E-state index in [1.807, 2.05) is 11.8 Å². The molecule has 2 heteroatoms. The first-order chi connectivity index (χ1) is 24.3. The molecular formula is C47H31NS. The predicted molar refractivity (Wildman–Crippen MR) is 205 cm³/mol. The number of hydrogen-bond donors (Lipinski definition) is 0. The summed E-state index contributed by atoms with van der Waals surface area (Å²) in [5.74, 6) is 0. The summed E-state index contributed by atoms with van der Waals surface area (Å²) in [7, 11) is 0. The fourth-order valence-electron chi connectivity index (χ4n) is 8.27. The van der Waals surface area contributed by atoms with E-state index in [0.29, 0.717) is 0 Å². The van der Waals surface area contributed by atoms with Gasteiger partial charge in [0.15, 0.2) is 0 Å². The Kier molecular flexibility index (Phi) is 6.40. The van der Waals surface area contributed by atoms with E-state index in [1.54, 1.807) is 0 Å². The molecule has 8 aromatic carbocycles. The number of rotatable bonds is 4. The van der Waals surface area contributed by atoms with E-state index in [2.05, 4.69) is 193 Å². The molecule has 8 aromatic rings. The van der Waals surface area contributed by atoms with E-state index >= 15 is 0 Å². The van der Waals surface area contributed by atoms with Crippen LogP contribution in [0.4, 0.5) is 17.1 Å². The fourth-order valence-corrected chi connectivity index (χ4v) is 9.49. The van der Waals surface area contributed by atoms with Crippen LogP contribution in [0.5, 0.6) is 0 Å². The van der Waals surface area contributed by atoms with Crippen molar-refractivity contribution in [3.05, 3.63) is 210 Å². The molecule has 1 spiro atoms. The second-order valence-electron chi connectivity index (χ2n) is 12.9. The molecule has 10 rings (SSSR count). The van der Waals surface area contributed by atoms with Crippen molar-refractivity contribution in [3.8, 4) is 22.3 Å². The van der Waals surface area contributed by atoms with Gasteiger partial charge in [0.1, 0.15) is 0 Å². The first-order valence-corrected chi connectivity index (χ1v) is 17.7. The summed E-state index contributed by atoms with van der Waals surface area (Å²) >= 11 is 1.90. The van der Waals surface area contributed by atoms with Crippen molar-refractivity contribution in [1.29, 1.82) is 0 Å². The molecule has 1 nitrogen and oxygen atoms in total. The third-order valence-electron chi connectivity index (χ3n) is 10.3. The summed E-state index contributed by atoms with van der Waals surface area (Å²) in [5.41, 5.74) is 13.4. The summed E-state index contributed by atoms with van der Waals surface area (Å²) in [5, 5.41) is 2.59.